The van der Waals surface area contributed by atoms with Crippen molar-refractivity contribution in [3.63, 3.8) is 0 Å². The van der Waals surface area contributed by atoms with Crippen LogP contribution in [-0.2, 0) is 4.74 Å². The molecule has 0 unspecified atom stereocenters. The monoisotopic (exact) mass is 427 g/mol. The number of aliphatic hydroxyl groups excluding tert-OH is 1. The molecule has 1 aliphatic rings. The van der Waals surface area contributed by atoms with Gasteiger partial charge in [-0.3, -0.25) is 9.59 Å². The van der Waals surface area contributed by atoms with Crippen molar-refractivity contribution >= 4 is 28.9 Å². The van der Waals surface area contributed by atoms with Gasteiger partial charge in [0.15, 0.2) is 5.65 Å². The van der Waals surface area contributed by atoms with E-state index in [0.29, 0.717) is 23.0 Å². The SMILES string of the molecule is CNc1cc(Nc2cccn(C(C)C)c2=O)nc2c(C(=O)N[C@@H]3COC[C@@H]3O)cnn12. The molecule has 0 radical (unpaired) electrons. The maximum Gasteiger partial charge on any atom is 0.274 e. The number of ether oxygens (including phenoxy) is 1. The molecule has 0 aliphatic carbocycles. The smallest absolute Gasteiger partial charge is 0.274 e. The molecule has 1 amide bonds. The number of anilines is 3. The van der Waals surface area contributed by atoms with Crippen molar-refractivity contribution in [1.29, 1.82) is 0 Å². The highest BCUT2D eigenvalue weighted by molar-refractivity contribution is 6.00. The molecule has 1 fully saturated rings. The molecule has 31 heavy (non-hydrogen) atoms. The topological polar surface area (TPSA) is 135 Å². The van der Waals surface area contributed by atoms with Gasteiger partial charge in [0.2, 0.25) is 0 Å². The minimum absolute atomic E-state index is 0.0117. The molecule has 164 valence electrons. The Hall–Kier alpha value is -3.44. The molecule has 1 saturated heterocycles. The molecule has 3 aromatic heterocycles. The molecule has 0 saturated carbocycles. The lowest BCUT2D eigenvalue weighted by atomic mass is 10.2. The Labute approximate surface area is 178 Å². The maximum absolute atomic E-state index is 12.8. The van der Waals surface area contributed by atoms with Gasteiger partial charge in [0.25, 0.3) is 11.5 Å². The minimum atomic E-state index is -0.759. The zero-order valence-corrected chi connectivity index (χ0v) is 17.5. The summed E-state index contributed by atoms with van der Waals surface area (Å²) >= 11 is 0. The molecule has 0 spiro atoms. The van der Waals surface area contributed by atoms with E-state index < -0.39 is 18.1 Å². The van der Waals surface area contributed by atoms with E-state index in [1.807, 2.05) is 13.8 Å². The van der Waals surface area contributed by atoms with Crippen LogP contribution >= 0.6 is 0 Å². The van der Waals surface area contributed by atoms with Crippen molar-refractivity contribution in [1.82, 2.24) is 24.5 Å². The molecule has 1 aliphatic heterocycles. The third-order valence-electron chi connectivity index (χ3n) is 5.13. The number of amides is 1. The van der Waals surface area contributed by atoms with Crippen molar-refractivity contribution in [2.45, 2.75) is 32.0 Å². The second-order valence-corrected chi connectivity index (χ2v) is 7.61. The second-order valence-electron chi connectivity index (χ2n) is 7.61. The van der Waals surface area contributed by atoms with E-state index in [9.17, 15) is 14.7 Å². The Morgan fingerprint density at radius 3 is 2.84 bits per heavy atom. The van der Waals surface area contributed by atoms with E-state index >= 15 is 0 Å². The average molecular weight is 427 g/mol. The highest BCUT2D eigenvalue weighted by atomic mass is 16.5. The van der Waals surface area contributed by atoms with Gasteiger partial charge in [-0.2, -0.15) is 9.61 Å². The van der Waals surface area contributed by atoms with Gasteiger partial charge < -0.3 is 30.4 Å². The van der Waals surface area contributed by atoms with Crippen LogP contribution in [0.25, 0.3) is 5.65 Å². The standard InChI is InChI=1S/C20H25N7O4/c1-11(2)26-6-4-5-13(20(26)30)23-16-7-17(21-3)27-18(25-16)12(8-22-27)19(29)24-14-9-31-10-15(14)28/h4-8,11,14-15,21,28H,9-10H2,1-3H3,(H,23,25)(H,24,29)/t14-,15+/m1/s1. The third-order valence-corrected chi connectivity index (χ3v) is 5.13. The summed E-state index contributed by atoms with van der Waals surface area (Å²) in [5.74, 6) is 0.545. The first kappa shape index (κ1) is 20.8. The number of rotatable bonds is 6. The van der Waals surface area contributed by atoms with Crippen molar-refractivity contribution < 1.29 is 14.6 Å². The summed E-state index contributed by atoms with van der Waals surface area (Å²) in [7, 11) is 1.72. The normalized spacial score (nSPS) is 18.5. The number of carbonyl (C=O) groups is 1. The Morgan fingerprint density at radius 1 is 1.35 bits per heavy atom. The van der Waals surface area contributed by atoms with Crippen LogP contribution in [0.4, 0.5) is 17.3 Å². The van der Waals surface area contributed by atoms with Gasteiger partial charge in [-0.15, -0.1) is 0 Å². The lowest BCUT2D eigenvalue weighted by Crippen LogP contribution is -2.42. The van der Waals surface area contributed by atoms with Gasteiger partial charge in [0, 0.05) is 25.4 Å². The molecule has 4 N–H and O–H groups in total. The number of nitrogens with zero attached hydrogens (tertiary/aromatic N) is 4. The number of aliphatic hydroxyl groups is 1. The Kier molecular flexibility index (Phi) is 5.61. The summed E-state index contributed by atoms with van der Waals surface area (Å²) in [6, 6.07) is 4.68. The van der Waals surface area contributed by atoms with E-state index in [4.69, 9.17) is 4.74 Å². The van der Waals surface area contributed by atoms with Crippen LogP contribution in [0, 0.1) is 0 Å². The molecular weight excluding hydrogens is 402 g/mol. The highest BCUT2D eigenvalue weighted by Gasteiger charge is 2.29. The quantitative estimate of drug-likeness (QED) is 0.453. The van der Waals surface area contributed by atoms with Gasteiger partial charge in [0.05, 0.1) is 31.6 Å². The van der Waals surface area contributed by atoms with Crippen molar-refractivity contribution in [2.75, 3.05) is 30.9 Å². The zero-order chi connectivity index (χ0) is 22.1. The van der Waals surface area contributed by atoms with Crippen molar-refractivity contribution in [3.8, 4) is 0 Å². The van der Waals surface area contributed by atoms with Crippen LogP contribution in [0.1, 0.15) is 30.2 Å². The number of carbonyl (C=O) groups excluding carboxylic acids is 1. The first-order valence-electron chi connectivity index (χ1n) is 10.0. The largest absolute Gasteiger partial charge is 0.388 e. The molecular formula is C20H25N7O4. The number of aromatic nitrogens is 4. The van der Waals surface area contributed by atoms with E-state index in [1.54, 1.807) is 36.0 Å². The van der Waals surface area contributed by atoms with Gasteiger partial charge in [-0.05, 0) is 26.0 Å². The van der Waals surface area contributed by atoms with Crippen molar-refractivity contribution in [2.24, 2.45) is 0 Å². The van der Waals surface area contributed by atoms with E-state index in [2.05, 4.69) is 26.0 Å². The fourth-order valence-electron chi connectivity index (χ4n) is 3.44. The highest BCUT2D eigenvalue weighted by Crippen LogP contribution is 2.21. The average Bonchev–Trinajstić information content (AvgIpc) is 3.35. The maximum atomic E-state index is 12.8. The first-order valence-corrected chi connectivity index (χ1v) is 10.0. The van der Waals surface area contributed by atoms with Crippen LogP contribution in [0.3, 0.4) is 0 Å². The number of fused-ring (bicyclic) bond motifs is 1. The summed E-state index contributed by atoms with van der Waals surface area (Å²) in [6.07, 6.45) is 2.39. The summed E-state index contributed by atoms with van der Waals surface area (Å²) in [4.78, 5) is 30.0. The second kappa shape index (κ2) is 8.36. The fraction of sp³-hybridized carbons (Fsp3) is 0.400. The lowest BCUT2D eigenvalue weighted by Gasteiger charge is -2.14. The zero-order valence-electron chi connectivity index (χ0n) is 17.5. The van der Waals surface area contributed by atoms with Crippen LogP contribution in [-0.4, -0.2) is 62.6 Å². The first-order chi connectivity index (χ1) is 14.9. The molecule has 3 aromatic rings. The molecule has 4 heterocycles. The lowest BCUT2D eigenvalue weighted by molar-refractivity contribution is 0.0888. The predicted molar refractivity (Wildman–Crippen MR) is 115 cm³/mol. The molecule has 0 aromatic carbocycles. The number of nitrogens with one attached hydrogen (secondary N) is 3. The van der Waals surface area contributed by atoms with Crippen LogP contribution < -0.4 is 21.5 Å². The predicted octanol–water partition coefficient (Wildman–Crippen LogP) is 0.747. The summed E-state index contributed by atoms with van der Waals surface area (Å²) in [5, 5.41) is 23.0. The van der Waals surface area contributed by atoms with Crippen LogP contribution in [0.15, 0.2) is 35.4 Å². The molecule has 4 rings (SSSR count). The molecule has 11 heteroatoms. The van der Waals surface area contributed by atoms with E-state index in [1.165, 1.54) is 10.7 Å². The van der Waals surface area contributed by atoms with Crippen LogP contribution in [0.2, 0.25) is 0 Å². The number of pyridine rings is 1. The summed E-state index contributed by atoms with van der Waals surface area (Å²) in [6.45, 7) is 4.28. The van der Waals surface area contributed by atoms with Gasteiger partial charge >= 0.3 is 0 Å². The fourth-order valence-corrected chi connectivity index (χ4v) is 3.44. The third kappa shape index (κ3) is 3.97. The van der Waals surface area contributed by atoms with E-state index in [-0.39, 0.29) is 30.4 Å². The van der Waals surface area contributed by atoms with Gasteiger partial charge in [-0.25, -0.2) is 4.98 Å². The number of hydrogen-bond acceptors (Lipinski definition) is 8. The molecule has 0 bridgehead atoms. The Bertz CT molecular complexity index is 1170. The van der Waals surface area contributed by atoms with Gasteiger partial charge in [0.1, 0.15) is 22.9 Å². The van der Waals surface area contributed by atoms with Gasteiger partial charge in [-0.1, -0.05) is 0 Å². The summed E-state index contributed by atoms with van der Waals surface area (Å²) < 4.78 is 8.30. The minimum Gasteiger partial charge on any atom is -0.388 e. The molecule has 11 nitrogen and oxygen atoms in total. The van der Waals surface area contributed by atoms with Crippen LogP contribution in [0.5, 0.6) is 0 Å². The van der Waals surface area contributed by atoms with Crippen molar-refractivity contribution in [3.05, 3.63) is 46.5 Å². The Morgan fingerprint density at radius 2 is 2.16 bits per heavy atom. The Balaban J connectivity index is 1.70. The summed E-state index contributed by atoms with van der Waals surface area (Å²) in [5.41, 5.74) is 0.742. The van der Waals surface area contributed by atoms with E-state index in [0.717, 1.165) is 0 Å². The molecule has 2 atom stereocenters. The number of hydrogen-bond donors (Lipinski definition) is 4.